The first-order valence-electron chi connectivity index (χ1n) is 11.7. The van der Waals surface area contributed by atoms with Crippen molar-refractivity contribution >= 4 is 51.5 Å². The highest BCUT2D eigenvalue weighted by Gasteiger charge is 2.17. The summed E-state index contributed by atoms with van der Waals surface area (Å²) in [5.41, 5.74) is 0.676. The van der Waals surface area contributed by atoms with E-state index in [1.54, 1.807) is 48.5 Å². The Morgan fingerprint density at radius 2 is 1.38 bits per heavy atom. The first-order valence-corrected chi connectivity index (χ1v) is 12.4. The standard InChI is InChI=1S/C26H17N7O8S/c34-22-17-4-2-1-3-16(17)18(23-27-25(37)29-26(38)28-23)12-21(22)33-32-20-10-7-14(11-19(20)24(35)36)31-30-13-5-8-15(9-6-13)42-41-40-39/h1-12,34,39H,(H,35,36)(H2,27,28,29,37,38)/b31-30+,33-32+. The predicted octanol–water partition coefficient (Wildman–Crippen LogP) is 6.77. The summed E-state index contributed by atoms with van der Waals surface area (Å²) in [6.07, 6.45) is 0. The predicted molar refractivity (Wildman–Crippen MR) is 147 cm³/mol. The van der Waals surface area contributed by atoms with Gasteiger partial charge in [-0.1, -0.05) is 29.3 Å². The van der Waals surface area contributed by atoms with Crippen LogP contribution in [-0.2, 0) is 9.37 Å². The van der Waals surface area contributed by atoms with Crippen LogP contribution in [0.4, 0.5) is 22.7 Å². The fourth-order valence-corrected chi connectivity index (χ4v) is 4.13. The summed E-state index contributed by atoms with van der Waals surface area (Å²) in [7, 11) is 0. The van der Waals surface area contributed by atoms with Crippen LogP contribution in [0.2, 0.25) is 0 Å². The third-order valence-electron chi connectivity index (χ3n) is 5.60. The number of aromatic hydroxyl groups is 3. The van der Waals surface area contributed by atoms with E-state index in [0.29, 0.717) is 26.9 Å². The van der Waals surface area contributed by atoms with Crippen LogP contribution < -0.4 is 0 Å². The molecule has 0 amide bonds. The molecule has 0 unspecified atom stereocenters. The second kappa shape index (κ2) is 12.3. The Balaban J connectivity index is 1.47. The van der Waals surface area contributed by atoms with Crippen molar-refractivity contribution < 1.29 is 39.8 Å². The monoisotopic (exact) mass is 587 g/mol. The molecule has 5 aromatic rings. The Morgan fingerprint density at radius 1 is 0.738 bits per heavy atom. The van der Waals surface area contributed by atoms with Crippen LogP contribution in [-0.4, -0.2) is 46.6 Å². The first kappa shape index (κ1) is 28.0. The number of carboxylic acids is 1. The second-order valence-electron chi connectivity index (χ2n) is 8.22. The highest BCUT2D eigenvalue weighted by molar-refractivity contribution is 7.94. The number of aromatic nitrogens is 3. The number of hydrogen-bond acceptors (Lipinski definition) is 15. The molecule has 0 saturated heterocycles. The number of phenolic OH excluding ortho intramolecular Hbond substituents is 1. The molecule has 42 heavy (non-hydrogen) atoms. The minimum atomic E-state index is -1.30. The van der Waals surface area contributed by atoms with E-state index in [1.165, 1.54) is 24.3 Å². The van der Waals surface area contributed by atoms with Crippen molar-refractivity contribution in [2.24, 2.45) is 20.5 Å². The average Bonchev–Trinajstić information content (AvgIpc) is 2.99. The number of azo groups is 2. The lowest BCUT2D eigenvalue weighted by Gasteiger charge is -2.10. The van der Waals surface area contributed by atoms with Crippen molar-refractivity contribution in [3.63, 3.8) is 0 Å². The van der Waals surface area contributed by atoms with Crippen molar-refractivity contribution in [1.82, 2.24) is 15.0 Å². The Kier molecular flexibility index (Phi) is 8.21. The van der Waals surface area contributed by atoms with Gasteiger partial charge in [-0.3, -0.25) is 0 Å². The maximum absolute atomic E-state index is 12.0. The summed E-state index contributed by atoms with van der Waals surface area (Å²) in [6, 6.07) is 17.3. The maximum Gasteiger partial charge on any atom is 0.338 e. The largest absolute Gasteiger partial charge is 0.505 e. The number of benzene rings is 4. The maximum atomic E-state index is 12.0. The van der Waals surface area contributed by atoms with Gasteiger partial charge >= 0.3 is 18.0 Å². The molecule has 0 aliphatic rings. The summed E-state index contributed by atoms with van der Waals surface area (Å²) >= 11 is 0.782. The Hall–Kier alpha value is -5.55. The van der Waals surface area contributed by atoms with Crippen LogP contribution in [0.15, 0.2) is 98.1 Å². The molecule has 0 spiro atoms. The third kappa shape index (κ3) is 6.26. The second-order valence-corrected chi connectivity index (χ2v) is 9.00. The summed E-state index contributed by atoms with van der Waals surface area (Å²) in [6.45, 7) is 0. The summed E-state index contributed by atoms with van der Waals surface area (Å²) < 4.78 is 4.35. The normalized spacial score (nSPS) is 11.5. The summed E-state index contributed by atoms with van der Waals surface area (Å²) in [5.74, 6) is -1.63. The van der Waals surface area contributed by atoms with Gasteiger partial charge in [0.1, 0.15) is 11.4 Å². The highest BCUT2D eigenvalue weighted by atomic mass is 32.2. The molecule has 0 atom stereocenters. The van der Waals surface area contributed by atoms with Crippen molar-refractivity contribution in [2.75, 3.05) is 0 Å². The minimum absolute atomic E-state index is 0.0292. The van der Waals surface area contributed by atoms with E-state index in [1.807, 2.05) is 0 Å². The number of aromatic carboxylic acids is 1. The van der Waals surface area contributed by atoms with Crippen LogP contribution >= 0.6 is 12.0 Å². The van der Waals surface area contributed by atoms with Crippen molar-refractivity contribution in [3.05, 3.63) is 78.4 Å². The fourth-order valence-electron chi connectivity index (χ4n) is 3.77. The molecule has 0 bridgehead atoms. The van der Waals surface area contributed by atoms with E-state index in [4.69, 9.17) is 5.26 Å². The average molecular weight is 588 g/mol. The van der Waals surface area contributed by atoms with Crippen LogP contribution in [0.1, 0.15) is 10.4 Å². The van der Waals surface area contributed by atoms with E-state index in [0.717, 1.165) is 12.0 Å². The molecule has 5 rings (SSSR count). The van der Waals surface area contributed by atoms with Gasteiger partial charge in [0.15, 0.2) is 11.6 Å². The van der Waals surface area contributed by atoms with Gasteiger partial charge in [0.2, 0.25) is 0 Å². The summed E-state index contributed by atoms with van der Waals surface area (Å²) in [4.78, 5) is 23.7. The lowest BCUT2D eigenvalue weighted by molar-refractivity contribution is -0.432. The van der Waals surface area contributed by atoms with Crippen molar-refractivity contribution in [3.8, 4) is 29.2 Å². The third-order valence-corrected chi connectivity index (χ3v) is 6.20. The van der Waals surface area contributed by atoms with E-state index in [9.17, 15) is 25.2 Å². The lowest BCUT2D eigenvalue weighted by Crippen LogP contribution is -1.96. The van der Waals surface area contributed by atoms with Crippen molar-refractivity contribution in [1.29, 1.82) is 0 Å². The highest BCUT2D eigenvalue weighted by Crippen LogP contribution is 2.41. The van der Waals surface area contributed by atoms with Gasteiger partial charge < -0.3 is 20.4 Å². The van der Waals surface area contributed by atoms with Gasteiger partial charge in [-0.2, -0.15) is 20.2 Å². The Labute approximate surface area is 239 Å². The van der Waals surface area contributed by atoms with Crippen LogP contribution in [0, 0.1) is 0 Å². The topological polar surface area (TPSA) is 225 Å². The quantitative estimate of drug-likeness (QED) is 0.0521. The van der Waals surface area contributed by atoms with Gasteiger partial charge in [0, 0.05) is 15.8 Å². The Morgan fingerprint density at radius 3 is 2.07 bits per heavy atom. The number of nitrogens with zero attached hydrogens (tertiary/aromatic N) is 7. The number of hydrogen-bond donors (Lipinski definition) is 5. The lowest BCUT2D eigenvalue weighted by atomic mass is 10.0. The minimum Gasteiger partial charge on any atom is -0.505 e. The molecule has 0 fully saturated rings. The van der Waals surface area contributed by atoms with Crippen LogP contribution in [0.25, 0.3) is 22.2 Å². The SMILES string of the molecule is O=C(O)c1cc(/N=N/c2ccc(SOOO)cc2)ccc1/N=N/c1cc(-c2nc(O)nc(O)n2)c2ccccc2c1O. The molecule has 1 heterocycles. The van der Waals surface area contributed by atoms with Gasteiger partial charge in [0.25, 0.3) is 0 Å². The van der Waals surface area contributed by atoms with Gasteiger partial charge in [0.05, 0.1) is 29.0 Å². The van der Waals surface area contributed by atoms with Crippen LogP contribution in [0.5, 0.6) is 17.8 Å². The van der Waals surface area contributed by atoms with E-state index >= 15 is 0 Å². The molecule has 15 nitrogen and oxygen atoms in total. The Bertz CT molecular complexity index is 1830. The molecular formula is C26H17N7O8S. The molecular weight excluding hydrogens is 570 g/mol. The molecule has 5 N–H and O–H groups in total. The first-order chi connectivity index (χ1) is 20.3. The number of carbonyl (C=O) groups is 1. The summed E-state index contributed by atoms with van der Waals surface area (Å²) in [5, 5.41) is 69.0. The van der Waals surface area contributed by atoms with E-state index < -0.39 is 18.0 Å². The fraction of sp³-hybridized carbons (Fsp3) is 0. The molecule has 0 aliphatic heterocycles. The number of fused-ring (bicyclic) bond motifs is 1. The molecule has 16 heteroatoms. The molecule has 0 saturated carbocycles. The number of phenols is 1. The molecule has 0 radical (unpaired) electrons. The van der Waals surface area contributed by atoms with Gasteiger partial charge in [-0.05, 0) is 53.9 Å². The molecule has 210 valence electrons. The molecule has 1 aromatic heterocycles. The van der Waals surface area contributed by atoms with E-state index in [-0.39, 0.29) is 34.2 Å². The zero-order valence-corrected chi connectivity index (χ0v) is 21.7. The van der Waals surface area contributed by atoms with Gasteiger partial charge in [-0.25, -0.2) is 10.1 Å². The van der Waals surface area contributed by atoms with Gasteiger partial charge in [-0.15, -0.1) is 19.5 Å². The zero-order valence-electron chi connectivity index (χ0n) is 20.9. The van der Waals surface area contributed by atoms with Crippen molar-refractivity contribution in [2.45, 2.75) is 4.90 Å². The smallest absolute Gasteiger partial charge is 0.338 e. The number of rotatable bonds is 9. The van der Waals surface area contributed by atoms with Crippen LogP contribution in [0.3, 0.4) is 0 Å². The molecule has 0 aliphatic carbocycles. The number of carboxylic acid groups (broad SMARTS) is 1. The van der Waals surface area contributed by atoms with E-state index in [2.05, 4.69) is 44.8 Å². The molecule has 4 aromatic carbocycles. The zero-order chi connectivity index (χ0) is 29.6.